The molecule has 2 aromatic rings. The first kappa shape index (κ1) is 18.2. The van der Waals surface area contributed by atoms with Crippen molar-refractivity contribution >= 4 is 29.0 Å². The first-order valence-electron chi connectivity index (χ1n) is 8.98. The Morgan fingerprint density at radius 1 is 1.31 bits per heavy atom. The molecule has 26 heavy (non-hydrogen) atoms. The van der Waals surface area contributed by atoms with Crippen LogP contribution < -0.4 is 10.2 Å². The van der Waals surface area contributed by atoms with E-state index in [2.05, 4.69) is 15.2 Å². The smallest absolute Gasteiger partial charge is 0.303 e. The second kappa shape index (κ2) is 7.35. The van der Waals surface area contributed by atoms with E-state index in [1.807, 2.05) is 38.1 Å². The molecule has 2 N–H and O–H groups in total. The number of hydrogen-bond acceptors (Lipinski definition) is 5. The van der Waals surface area contributed by atoms with Crippen LogP contribution in [0.2, 0.25) is 0 Å². The summed E-state index contributed by atoms with van der Waals surface area (Å²) in [6, 6.07) is 8.26. The Labute approximate surface area is 152 Å². The van der Waals surface area contributed by atoms with Gasteiger partial charge in [0.05, 0.1) is 0 Å². The van der Waals surface area contributed by atoms with Crippen molar-refractivity contribution in [3.05, 3.63) is 24.3 Å². The molecule has 0 saturated carbocycles. The molecule has 2 heterocycles. The molecule has 1 saturated heterocycles. The van der Waals surface area contributed by atoms with Gasteiger partial charge >= 0.3 is 5.97 Å². The van der Waals surface area contributed by atoms with Crippen LogP contribution >= 0.6 is 0 Å². The number of anilines is 1. The third kappa shape index (κ3) is 4.33. The molecule has 7 nitrogen and oxygen atoms in total. The van der Waals surface area contributed by atoms with Gasteiger partial charge in [-0.1, -0.05) is 12.1 Å². The lowest BCUT2D eigenvalue weighted by atomic mass is 9.92. The highest BCUT2D eigenvalue weighted by Crippen LogP contribution is 2.27. The largest absolute Gasteiger partial charge is 0.481 e. The lowest BCUT2D eigenvalue weighted by Gasteiger charge is -2.33. The number of hydrogen-bond donors (Lipinski definition) is 2. The SMILES string of the molecule is CC(C)(CCC(=O)O)NC(=O)C1CCN(c2nc3ccccc3o2)CC1. The molecule has 1 aromatic heterocycles. The Balaban J connectivity index is 1.54. The summed E-state index contributed by atoms with van der Waals surface area (Å²) in [6.45, 7) is 5.14. The summed E-state index contributed by atoms with van der Waals surface area (Å²) in [5, 5.41) is 11.8. The molecule has 0 bridgehead atoms. The van der Waals surface area contributed by atoms with Crippen molar-refractivity contribution in [1.82, 2.24) is 10.3 Å². The second-order valence-corrected chi connectivity index (χ2v) is 7.49. The fourth-order valence-electron chi connectivity index (χ4n) is 3.25. The molecule has 1 amide bonds. The molecular weight excluding hydrogens is 334 g/mol. The fourth-order valence-corrected chi connectivity index (χ4v) is 3.25. The Morgan fingerprint density at radius 2 is 2.00 bits per heavy atom. The maximum atomic E-state index is 12.5. The summed E-state index contributed by atoms with van der Waals surface area (Å²) < 4.78 is 5.80. The maximum absolute atomic E-state index is 12.5. The number of para-hydroxylation sites is 2. The first-order chi connectivity index (χ1) is 12.3. The molecular formula is C19H25N3O4. The number of aliphatic carboxylic acids is 1. The second-order valence-electron chi connectivity index (χ2n) is 7.49. The number of nitrogens with one attached hydrogen (secondary N) is 1. The highest BCUT2D eigenvalue weighted by atomic mass is 16.4. The molecule has 140 valence electrons. The van der Waals surface area contributed by atoms with Crippen molar-refractivity contribution in [2.24, 2.45) is 5.92 Å². The number of carbonyl (C=O) groups excluding carboxylic acids is 1. The molecule has 1 aromatic carbocycles. The lowest BCUT2D eigenvalue weighted by Crippen LogP contribution is -2.48. The number of carbonyl (C=O) groups is 2. The standard InChI is InChI=1S/C19H25N3O4/c1-19(2,10-7-16(23)24)21-17(25)13-8-11-22(12-9-13)18-20-14-5-3-4-6-15(14)26-18/h3-6,13H,7-12H2,1-2H3,(H,21,25)(H,23,24). The van der Waals surface area contributed by atoms with Crippen molar-refractivity contribution in [2.45, 2.75) is 45.1 Å². The fraction of sp³-hybridized carbons (Fsp3) is 0.526. The molecule has 0 radical (unpaired) electrons. The van der Waals surface area contributed by atoms with E-state index >= 15 is 0 Å². The number of benzene rings is 1. The number of rotatable bonds is 6. The average Bonchev–Trinajstić information content (AvgIpc) is 3.04. The molecule has 1 aliphatic rings. The zero-order valence-corrected chi connectivity index (χ0v) is 15.2. The van der Waals surface area contributed by atoms with Crippen LogP contribution in [0.3, 0.4) is 0 Å². The lowest BCUT2D eigenvalue weighted by molar-refractivity contribution is -0.138. The minimum atomic E-state index is -0.848. The predicted molar refractivity (Wildman–Crippen MR) is 98.0 cm³/mol. The van der Waals surface area contributed by atoms with E-state index in [0.717, 1.165) is 23.9 Å². The molecule has 1 aliphatic heterocycles. The van der Waals surface area contributed by atoms with E-state index in [-0.39, 0.29) is 18.2 Å². The summed E-state index contributed by atoms with van der Waals surface area (Å²) in [4.78, 5) is 29.8. The predicted octanol–water partition coefficient (Wildman–Crippen LogP) is 2.80. The molecule has 0 unspecified atom stereocenters. The summed E-state index contributed by atoms with van der Waals surface area (Å²) in [7, 11) is 0. The maximum Gasteiger partial charge on any atom is 0.303 e. The third-order valence-electron chi connectivity index (χ3n) is 4.84. The summed E-state index contributed by atoms with van der Waals surface area (Å²) in [6.07, 6.45) is 1.90. The Hall–Kier alpha value is -2.57. The van der Waals surface area contributed by atoms with Gasteiger partial charge in [0.15, 0.2) is 5.58 Å². The van der Waals surface area contributed by atoms with Crippen LogP contribution in [0.1, 0.15) is 39.5 Å². The number of carboxylic acids is 1. The molecule has 3 rings (SSSR count). The molecule has 0 atom stereocenters. The zero-order chi connectivity index (χ0) is 18.7. The summed E-state index contributed by atoms with van der Waals surface area (Å²) in [5.74, 6) is -0.920. The van der Waals surface area contributed by atoms with Crippen LogP contribution in [-0.4, -0.2) is 40.6 Å². The number of aromatic nitrogens is 1. The highest BCUT2D eigenvalue weighted by molar-refractivity contribution is 5.80. The van der Waals surface area contributed by atoms with Gasteiger partial charge in [-0.2, -0.15) is 4.98 Å². The van der Waals surface area contributed by atoms with Crippen molar-refractivity contribution in [2.75, 3.05) is 18.0 Å². The van der Waals surface area contributed by atoms with Gasteiger partial charge in [0.1, 0.15) is 5.52 Å². The third-order valence-corrected chi connectivity index (χ3v) is 4.84. The van der Waals surface area contributed by atoms with Gasteiger partial charge in [-0.25, -0.2) is 0 Å². The van der Waals surface area contributed by atoms with Gasteiger partial charge < -0.3 is 19.7 Å². The van der Waals surface area contributed by atoms with Gasteiger partial charge in [-0.05, 0) is 45.2 Å². The van der Waals surface area contributed by atoms with Crippen molar-refractivity contribution in [3.63, 3.8) is 0 Å². The van der Waals surface area contributed by atoms with Gasteiger partial charge in [0.25, 0.3) is 6.01 Å². The zero-order valence-electron chi connectivity index (χ0n) is 15.2. The van der Waals surface area contributed by atoms with E-state index in [1.54, 1.807) is 0 Å². The first-order valence-corrected chi connectivity index (χ1v) is 8.98. The van der Waals surface area contributed by atoms with E-state index in [9.17, 15) is 9.59 Å². The number of piperidine rings is 1. The summed E-state index contributed by atoms with van der Waals surface area (Å²) >= 11 is 0. The van der Waals surface area contributed by atoms with E-state index in [1.165, 1.54) is 0 Å². The summed E-state index contributed by atoms with van der Waals surface area (Å²) in [5.41, 5.74) is 1.08. The van der Waals surface area contributed by atoms with Crippen LogP contribution in [0.15, 0.2) is 28.7 Å². The monoisotopic (exact) mass is 359 g/mol. The molecule has 0 aliphatic carbocycles. The number of fused-ring (bicyclic) bond motifs is 1. The topological polar surface area (TPSA) is 95.7 Å². The number of oxazole rings is 1. The number of carboxylic acid groups (broad SMARTS) is 1. The molecule has 0 spiro atoms. The van der Waals surface area contributed by atoms with Crippen molar-refractivity contribution < 1.29 is 19.1 Å². The molecule has 7 heteroatoms. The van der Waals surface area contributed by atoms with E-state index in [0.29, 0.717) is 25.5 Å². The van der Waals surface area contributed by atoms with Crippen molar-refractivity contribution in [3.8, 4) is 0 Å². The number of amides is 1. The Kier molecular flexibility index (Phi) is 5.15. The highest BCUT2D eigenvalue weighted by Gasteiger charge is 2.30. The van der Waals surface area contributed by atoms with Gasteiger partial charge in [-0.15, -0.1) is 0 Å². The average molecular weight is 359 g/mol. The molecule has 1 fully saturated rings. The van der Waals surface area contributed by atoms with E-state index < -0.39 is 11.5 Å². The Bertz CT molecular complexity index is 758. The van der Waals surface area contributed by atoms with Crippen LogP contribution in [0.5, 0.6) is 0 Å². The number of nitrogens with zero attached hydrogens (tertiary/aromatic N) is 2. The van der Waals surface area contributed by atoms with Crippen LogP contribution in [0.25, 0.3) is 11.1 Å². The van der Waals surface area contributed by atoms with E-state index in [4.69, 9.17) is 9.52 Å². The van der Waals surface area contributed by atoms with Crippen LogP contribution in [-0.2, 0) is 9.59 Å². The minimum Gasteiger partial charge on any atom is -0.481 e. The van der Waals surface area contributed by atoms with Crippen LogP contribution in [0.4, 0.5) is 6.01 Å². The normalized spacial score (nSPS) is 16.0. The van der Waals surface area contributed by atoms with Crippen molar-refractivity contribution in [1.29, 1.82) is 0 Å². The van der Waals surface area contributed by atoms with Gasteiger partial charge in [-0.3, -0.25) is 9.59 Å². The minimum absolute atomic E-state index is 0.00222. The van der Waals surface area contributed by atoms with Crippen LogP contribution in [0, 0.1) is 5.92 Å². The Morgan fingerprint density at radius 3 is 2.65 bits per heavy atom. The van der Waals surface area contributed by atoms with Gasteiger partial charge in [0.2, 0.25) is 5.91 Å². The van der Waals surface area contributed by atoms with Gasteiger partial charge in [0, 0.05) is 31.0 Å². The quantitative estimate of drug-likeness (QED) is 0.823.